The van der Waals surface area contributed by atoms with Crippen LogP contribution in [0.1, 0.15) is 28.9 Å². The zero-order chi connectivity index (χ0) is 17.2. The van der Waals surface area contributed by atoms with Gasteiger partial charge < -0.3 is 4.74 Å². The first-order valence-electron chi connectivity index (χ1n) is 7.93. The predicted molar refractivity (Wildman–Crippen MR) is 88.6 cm³/mol. The monoisotopic (exact) mass is 351 g/mol. The molecule has 1 saturated heterocycles. The van der Waals surface area contributed by atoms with Crippen LogP contribution in [-0.2, 0) is 21.3 Å². The molecule has 1 aromatic rings. The molecule has 3 heterocycles. The molecule has 1 atom stereocenters. The Morgan fingerprint density at radius 3 is 3.00 bits per heavy atom. The maximum absolute atomic E-state index is 12.0. The number of nitrogens with zero attached hydrogens (tertiary/aromatic N) is 3. The van der Waals surface area contributed by atoms with Gasteiger partial charge in [0.1, 0.15) is 5.69 Å². The Morgan fingerprint density at radius 2 is 2.29 bits per heavy atom. The largest absolute Gasteiger partial charge is 0.464 e. The van der Waals surface area contributed by atoms with Gasteiger partial charge in [0, 0.05) is 37.3 Å². The summed E-state index contributed by atoms with van der Waals surface area (Å²) in [7, 11) is -1.92. The van der Waals surface area contributed by atoms with Gasteiger partial charge in [0.25, 0.3) is 0 Å². The molecule has 2 aliphatic rings. The highest BCUT2D eigenvalue weighted by atomic mass is 32.2. The van der Waals surface area contributed by atoms with Gasteiger partial charge in [0.2, 0.25) is 10.0 Å². The summed E-state index contributed by atoms with van der Waals surface area (Å²) in [5.74, 6) is -0.456. The van der Waals surface area contributed by atoms with Crippen LogP contribution in [0.4, 0.5) is 0 Å². The number of aromatic nitrogens is 1. The molecule has 8 heteroatoms. The van der Waals surface area contributed by atoms with Crippen molar-refractivity contribution in [3.05, 3.63) is 41.1 Å². The van der Waals surface area contributed by atoms with Gasteiger partial charge in [-0.25, -0.2) is 18.2 Å². The molecule has 7 nitrogen and oxygen atoms in total. The Hall–Kier alpha value is -1.77. The Morgan fingerprint density at radius 1 is 1.46 bits per heavy atom. The minimum Gasteiger partial charge on any atom is -0.464 e. The number of hydrogen-bond acceptors (Lipinski definition) is 6. The Bertz CT molecular complexity index is 747. The number of methoxy groups -OCH3 is 1. The summed E-state index contributed by atoms with van der Waals surface area (Å²) in [6.45, 7) is 2.72. The average molecular weight is 351 g/mol. The Labute approximate surface area is 142 Å². The molecule has 2 aliphatic heterocycles. The summed E-state index contributed by atoms with van der Waals surface area (Å²) in [6.07, 6.45) is 5.12. The number of esters is 1. The van der Waals surface area contributed by atoms with Crippen LogP contribution in [-0.4, -0.2) is 61.4 Å². The second-order valence-corrected chi connectivity index (χ2v) is 7.83. The van der Waals surface area contributed by atoms with Crippen LogP contribution in [0.2, 0.25) is 0 Å². The van der Waals surface area contributed by atoms with Gasteiger partial charge in [-0.2, -0.15) is 4.31 Å². The van der Waals surface area contributed by atoms with Crippen molar-refractivity contribution in [3.63, 3.8) is 0 Å². The Balaban J connectivity index is 1.67. The normalized spacial score (nSPS) is 24.1. The lowest BCUT2D eigenvalue weighted by molar-refractivity contribution is 0.0593. The van der Waals surface area contributed by atoms with Gasteiger partial charge in [-0.1, -0.05) is 6.08 Å². The SMILES string of the molecule is COC(=O)c1cc(CN2CCC[C@@H](N3CC=CS3(=O)=O)C2)ccn1. The van der Waals surface area contributed by atoms with Crippen LogP contribution in [0.25, 0.3) is 0 Å². The number of carbonyl (C=O) groups is 1. The van der Waals surface area contributed by atoms with Crippen molar-refractivity contribution in [2.75, 3.05) is 26.7 Å². The minimum atomic E-state index is -3.25. The molecule has 0 spiro atoms. The summed E-state index contributed by atoms with van der Waals surface area (Å²) in [5.41, 5.74) is 1.25. The van der Waals surface area contributed by atoms with Crippen molar-refractivity contribution in [1.29, 1.82) is 0 Å². The first-order chi connectivity index (χ1) is 11.5. The summed E-state index contributed by atoms with van der Waals surface area (Å²) in [5, 5.41) is 1.29. The van der Waals surface area contributed by atoms with Gasteiger partial charge in [0.05, 0.1) is 7.11 Å². The molecule has 0 unspecified atom stereocenters. The third-order valence-corrected chi connectivity index (χ3v) is 6.03. The van der Waals surface area contributed by atoms with Crippen molar-refractivity contribution >= 4 is 16.0 Å². The Kier molecular flexibility index (Phi) is 4.98. The summed E-state index contributed by atoms with van der Waals surface area (Å²) in [4.78, 5) is 17.8. The van der Waals surface area contributed by atoms with Gasteiger partial charge in [0.15, 0.2) is 0 Å². The van der Waals surface area contributed by atoms with Gasteiger partial charge in [-0.3, -0.25) is 4.90 Å². The van der Waals surface area contributed by atoms with E-state index in [4.69, 9.17) is 4.74 Å². The molecular weight excluding hydrogens is 330 g/mol. The molecule has 0 bridgehead atoms. The highest BCUT2D eigenvalue weighted by Gasteiger charge is 2.33. The fourth-order valence-corrected chi connectivity index (χ4v) is 4.63. The van der Waals surface area contributed by atoms with Crippen LogP contribution >= 0.6 is 0 Å². The van der Waals surface area contributed by atoms with E-state index in [1.807, 2.05) is 6.07 Å². The number of rotatable bonds is 4. The maximum Gasteiger partial charge on any atom is 0.356 e. The van der Waals surface area contributed by atoms with Crippen LogP contribution in [0.3, 0.4) is 0 Å². The number of pyridine rings is 1. The summed E-state index contributed by atoms with van der Waals surface area (Å²) >= 11 is 0. The third kappa shape index (κ3) is 3.66. The van der Waals surface area contributed by atoms with Crippen LogP contribution < -0.4 is 0 Å². The van der Waals surface area contributed by atoms with E-state index >= 15 is 0 Å². The van der Waals surface area contributed by atoms with Crippen LogP contribution in [0, 0.1) is 0 Å². The van der Waals surface area contributed by atoms with E-state index < -0.39 is 16.0 Å². The number of piperidine rings is 1. The number of hydrogen-bond donors (Lipinski definition) is 0. The zero-order valence-electron chi connectivity index (χ0n) is 13.6. The molecule has 0 radical (unpaired) electrons. The van der Waals surface area contributed by atoms with Crippen molar-refractivity contribution in [2.24, 2.45) is 0 Å². The van der Waals surface area contributed by atoms with E-state index in [0.717, 1.165) is 24.9 Å². The number of ether oxygens (including phenoxy) is 1. The van der Waals surface area contributed by atoms with Gasteiger partial charge in [-0.05, 0) is 37.1 Å². The lowest BCUT2D eigenvalue weighted by atomic mass is 10.0. The average Bonchev–Trinajstić information content (AvgIpc) is 2.94. The number of likely N-dealkylation sites (tertiary alicyclic amines) is 1. The molecule has 3 rings (SSSR count). The number of sulfonamides is 1. The second kappa shape index (κ2) is 7.00. The smallest absolute Gasteiger partial charge is 0.356 e. The van der Waals surface area contributed by atoms with E-state index in [1.54, 1.807) is 22.6 Å². The third-order valence-electron chi connectivity index (χ3n) is 4.39. The van der Waals surface area contributed by atoms with E-state index in [1.165, 1.54) is 12.5 Å². The lowest BCUT2D eigenvalue weighted by Gasteiger charge is -2.36. The molecular formula is C16H21N3O4S. The van der Waals surface area contributed by atoms with E-state index in [0.29, 0.717) is 19.6 Å². The minimum absolute atomic E-state index is 0.000615. The molecule has 0 N–H and O–H groups in total. The van der Waals surface area contributed by atoms with Crippen molar-refractivity contribution in [2.45, 2.75) is 25.4 Å². The molecule has 0 aromatic carbocycles. The second-order valence-electron chi connectivity index (χ2n) is 6.06. The molecule has 0 aliphatic carbocycles. The first kappa shape index (κ1) is 17.1. The first-order valence-corrected chi connectivity index (χ1v) is 9.44. The van der Waals surface area contributed by atoms with Crippen molar-refractivity contribution < 1.29 is 17.9 Å². The molecule has 1 fully saturated rings. The molecule has 1 aromatic heterocycles. The van der Waals surface area contributed by atoms with Crippen molar-refractivity contribution in [1.82, 2.24) is 14.2 Å². The molecule has 130 valence electrons. The highest BCUT2D eigenvalue weighted by Crippen LogP contribution is 2.23. The summed E-state index contributed by atoms with van der Waals surface area (Å²) in [6, 6.07) is 3.59. The number of carbonyl (C=O) groups excluding carboxylic acids is 1. The van der Waals surface area contributed by atoms with Gasteiger partial charge in [-0.15, -0.1) is 0 Å². The highest BCUT2D eigenvalue weighted by molar-refractivity contribution is 7.92. The van der Waals surface area contributed by atoms with E-state index in [-0.39, 0.29) is 11.7 Å². The van der Waals surface area contributed by atoms with E-state index in [2.05, 4.69) is 9.88 Å². The standard InChI is InChI=1S/C16H21N3O4S/c1-23-16(20)15-10-13(5-6-17-15)11-18-7-2-4-14(12-18)19-8-3-9-24(19,21)22/h3,5-6,9-10,14H,2,4,7-8,11-12H2,1H3/t14-/m1/s1. The van der Waals surface area contributed by atoms with Gasteiger partial charge >= 0.3 is 5.97 Å². The lowest BCUT2D eigenvalue weighted by Crippen LogP contribution is -2.48. The quantitative estimate of drug-likeness (QED) is 0.753. The maximum atomic E-state index is 12.0. The van der Waals surface area contributed by atoms with Crippen molar-refractivity contribution in [3.8, 4) is 0 Å². The molecule has 0 saturated carbocycles. The molecule has 24 heavy (non-hydrogen) atoms. The fraction of sp³-hybridized carbons (Fsp3) is 0.500. The molecule has 0 amide bonds. The van der Waals surface area contributed by atoms with Crippen LogP contribution in [0.15, 0.2) is 29.8 Å². The summed E-state index contributed by atoms with van der Waals surface area (Å²) < 4.78 is 30.3. The van der Waals surface area contributed by atoms with E-state index in [9.17, 15) is 13.2 Å². The topological polar surface area (TPSA) is 79.8 Å². The fourth-order valence-electron chi connectivity index (χ4n) is 3.26. The van der Waals surface area contributed by atoms with Crippen LogP contribution in [0.5, 0.6) is 0 Å². The predicted octanol–water partition coefficient (Wildman–Crippen LogP) is 0.992. The zero-order valence-corrected chi connectivity index (χ0v) is 14.4.